The molecule has 0 spiro atoms. The zero-order chi connectivity index (χ0) is 15.9. The standard InChI is InChI=1S/C17H23NO4S/c19-23(20,14-7-8-16-17(12-14)22-11-10-21-16)18-9-3-6-15(18)13-4-1-2-5-13/h7-8,12-13,15H,1-6,9-11H2. The van der Waals surface area contributed by atoms with Gasteiger partial charge in [-0.05, 0) is 43.7 Å². The second kappa shape index (κ2) is 5.98. The van der Waals surface area contributed by atoms with Crippen LogP contribution in [0.4, 0.5) is 0 Å². The molecule has 1 atom stereocenters. The fraction of sp³-hybridized carbons (Fsp3) is 0.647. The highest BCUT2D eigenvalue weighted by Crippen LogP contribution is 2.39. The molecule has 0 bridgehead atoms. The van der Waals surface area contributed by atoms with Crippen LogP contribution in [0.1, 0.15) is 38.5 Å². The molecule has 0 aromatic heterocycles. The molecule has 1 aromatic rings. The summed E-state index contributed by atoms with van der Waals surface area (Å²) in [5.74, 6) is 1.70. The Morgan fingerprint density at radius 2 is 1.70 bits per heavy atom. The molecule has 126 valence electrons. The van der Waals surface area contributed by atoms with E-state index in [0.717, 1.165) is 25.7 Å². The van der Waals surface area contributed by atoms with Gasteiger partial charge in [0.2, 0.25) is 10.0 Å². The number of sulfonamides is 1. The number of hydrogen-bond donors (Lipinski definition) is 0. The Kier molecular flexibility index (Phi) is 3.97. The fourth-order valence-corrected chi connectivity index (χ4v) is 5.97. The molecular weight excluding hydrogens is 314 g/mol. The molecule has 2 fully saturated rings. The van der Waals surface area contributed by atoms with Crippen LogP contribution in [-0.2, 0) is 10.0 Å². The Balaban J connectivity index is 1.64. The topological polar surface area (TPSA) is 55.8 Å². The molecule has 1 saturated heterocycles. The van der Waals surface area contributed by atoms with E-state index in [1.807, 2.05) is 0 Å². The molecule has 6 heteroatoms. The maximum atomic E-state index is 13.1. The molecule has 23 heavy (non-hydrogen) atoms. The summed E-state index contributed by atoms with van der Waals surface area (Å²) in [4.78, 5) is 0.326. The Morgan fingerprint density at radius 3 is 2.48 bits per heavy atom. The van der Waals surface area contributed by atoms with Gasteiger partial charge < -0.3 is 9.47 Å². The molecule has 3 aliphatic rings. The van der Waals surface area contributed by atoms with Gasteiger partial charge in [0.1, 0.15) is 13.2 Å². The SMILES string of the molecule is O=S(=O)(c1ccc2c(c1)OCCO2)N1CCCC1C1CCCC1. The van der Waals surface area contributed by atoms with Crippen LogP contribution in [0.3, 0.4) is 0 Å². The third-order valence-corrected chi connectivity index (χ3v) is 7.23. The zero-order valence-corrected chi connectivity index (χ0v) is 14.1. The molecule has 0 amide bonds. The average Bonchev–Trinajstić information content (AvgIpc) is 3.25. The Morgan fingerprint density at radius 1 is 0.957 bits per heavy atom. The van der Waals surface area contributed by atoms with Crippen molar-refractivity contribution in [3.8, 4) is 11.5 Å². The van der Waals surface area contributed by atoms with E-state index in [2.05, 4.69) is 0 Å². The Labute approximate surface area is 137 Å². The van der Waals surface area contributed by atoms with Crippen LogP contribution in [0, 0.1) is 5.92 Å². The van der Waals surface area contributed by atoms with Gasteiger partial charge in [-0.25, -0.2) is 8.42 Å². The van der Waals surface area contributed by atoms with Gasteiger partial charge in [-0.15, -0.1) is 0 Å². The molecule has 0 radical (unpaired) electrons. The summed E-state index contributed by atoms with van der Waals surface area (Å²) in [7, 11) is -3.46. The number of nitrogens with zero attached hydrogens (tertiary/aromatic N) is 1. The van der Waals surface area contributed by atoms with Gasteiger partial charge in [-0.2, -0.15) is 4.31 Å². The Hall–Kier alpha value is -1.27. The maximum absolute atomic E-state index is 13.1. The predicted molar refractivity (Wildman–Crippen MR) is 86.3 cm³/mol. The molecule has 1 saturated carbocycles. The molecule has 1 unspecified atom stereocenters. The molecule has 2 heterocycles. The third-order valence-electron chi connectivity index (χ3n) is 5.31. The summed E-state index contributed by atoms with van der Waals surface area (Å²) in [5.41, 5.74) is 0. The van der Waals surface area contributed by atoms with Gasteiger partial charge in [-0.3, -0.25) is 0 Å². The minimum atomic E-state index is -3.46. The van der Waals surface area contributed by atoms with E-state index in [-0.39, 0.29) is 6.04 Å². The van der Waals surface area contributed by atoms with Crippen LogP contribution < -0.4 is 9.47 Å². The maximum Gasteiger partial charge on any atom is 0.243 e. The molecular formula is C17H23NO4S. The summed E-state index contributed by atoms with van der Waals surface area (Å²) in [6.45, 7) is 1.61. The van der Waals surface area contributed by atoms with Gasteiger partial charge in [0.15, 0.2) is 11.5 Å². The zero-order valence-electron chi connectivity index (χ0n) is 13.2. The Bertz CT molecular complexity index is 682. The van der Waals surface area contributed by atoms with Crippen molar-refractivity contribution in [2.75, 3.05) is 19.8 Å². The van der Waals surface area contributed by atoms with E-state index >= 15 is 0 Å². The van der Waals surface area contributed by atoms with E-state index in [1.54, 1.807) is 22.5 Å². The normalized spacial score (nSPS) is 25.8. The number of hydrogen-bond acceptors (Lipinski definition) is 4. The number of benzene rings is 1. The van der Waals surface area contributed by atoms with Crippen LogP contribution >= 0.6 is 0 Å². The van der Waals surface area contributed by atoms with Crippen LogP contribution in [0.5, 0.6) is 11.5 Å². The second-order valence-corrected chi connectivity index (χ2v) is 8.57. The van der Waals surface area contributed by atoms with Crippen molar-refractivity contribution in [2.45, 2.75) is 49.5 Å². The fourth-order valence-electron chi connectivity index (χ4n) is 4.20. The minimum Gasteiger partial charge on any atom is -0.486 e. The number of fused-ring (bicyclic) bond motifs is 1. The van der Waals surface area contributed by atoms with E-state index in [4.69, 9.17) is 9.47 Å². The van der Waals surface area contributed by atoms with Crippen LogP contribution in [0.25, 0.3) is 0 Å². The molecule has 1 aliphatic carbocycles. The third kappa shape index (κ3) is 2.72. The molecule has 4 rings (SSSR count). The lowest BCUT2D eigenvalue weighted by Crippen LogP contribution is -2.39. The van der Waals surface area contributed by atoms with Gasteiger partial charge in [0, 0.05) is 18.7 Å². The second-order valence-electron chi connectivity index (χ2n) is 6.68. The molecule has 0 N–H and O–H groups in total. The van der Waals surface area contributed by atoms with E-state index in [1.165, 1.54) is 12.8 Å². The quantitative estimate of drug-likeness (QED) is 0.851. The first-order chi connectivity index (χ1) is 11.2. The molecule has 5 nitrogen and oxygen atoms in total. The van der Waals surface area contributed by atoms with E-state index in [9.17, 15) is 8.42 Å². The summed E-state index contributed by atoms with van der Waals surface area (Å²) in [5, 5.41) is 0. The van der Waals surface area contributed by atoms with Crippen molar-refractivity contribution in [3.05, 3.63) is 18.2 Å². The van der Waals surface area contributed by atoms with Crippen molar-refractivity contribution in [1.29, 1.82) is 0 Å². The molecule has 1 aromatic carbocycles. The number of rotatable bonds is 3. The van der Waals surface area contributed by atoms with Crippen molar-refractivity contribution in [3.63, 3.8) is 0 Å². The van der Waals surface area contributed by atoms with Crippen LogP contribution in [0.15, 0.2) is 23.1 Å². The van der Waals surface area contributed by atoms with Gasteiger partial charge >= 0.3 is 0 Å². The summed E-state index contributed by atoms with van der Waals surface area (Å²) in [6, 6.07) is 5.15. The van der Waals surface area contributed by atoms with Crippen molar-refractivity contribution >= 4 is 10.0 Å². The first kappa shape index (κ1) is 15.3. The predicted octanol–water partition coefficient (Wildman–Crippen LogP) is 2.80. The lowest BCUT2D eigenvalue weighted by Gasteiger charge is -2.29. The highest BCUT2D eigenvalue weighted by Gasteiger charge is 2.40. The first-order valence-electron chi connectivity index (χ1n) is 8.58. The van der Waals surface area contributed by atoms with Gasteiger partial charge in [-0.1, -0.05) is 12.8 Å². The minimum absolute atomic E-state index is 0.177. The first-order valence-corrected chi connectivity index (χ1v) is 10.0. The van der Waals surface area contributed by atoms with Crippen LogP contribution in [-0.4, -0.2) is 38.5 Å². The average molecular weight is 337 g/mol. The monoisotopic (exact) mass is 337 g/mol. The number of ether oxygens (including phenoxy) is 2. The van der Waals surface area contributed by atoms with Crippen molar-refractivity contribution in [1.82, 2.24) is 4.31 Å². The lowest BCUT2D eigenvalue weighted by molar-refractivity contribution is 0.171. The van der Waals surface area contributed by atoms with Crippen molar-refractivity contribution < 1.29 is 17.9 Å². The van der Waals surface area contributed by atoms with Gasteiger partial charge in [0.25, 0.3) is 0 Å². The summed E-state index contributed by atoms with van der Waals surface area (Å²) >= 11 is 0. The highest BCUT2D eigenvalue weighted by molar-refractivity contribution is 7.89. The van der Waals surface area contributed by atoms with Crippen molar-refractivity contribution in [2.24, 2.45) is 5.92 Å². The lowest BCUT2D eigenvalue weighted by atomic mass is 9.97. The van der Waals surface area contributed by atoms with Crippen LogP contribution in [0.2, 0.25) is 0 Å². The van der Waals surface area contributed by atoms with E-state index < -0.39 is 10.0 Å². The van der Waals surface area contributed by atoms with Gasteiger partial charge in [0.05, 0.1) is 4.90 Å². The largest absolute Gasteiger partial charge is 0.486 e. The smallest absolute Gasteiger partial charge is 0.243 e. The summed E-state index contributed by atoms with van der Waals surface area (Å²) in [6.07, 6.45) is 6.76. The molecule has 2 aliphatic heterocycles. The van der Waals surface area contributed by atoms with E-state index in [0.29, 0.717) is 42.1 Å². The summed E-state index contributed by atoms with van der Waals surface area (Å²) < 4.78 is 39.0. The highest BCUT2D eigenvalue weighted by atomic mass is 32.2.